The van der Waals surface area contributed by atoms with E-state index in [2.05, 4.69) is 35.5 Å². The fourth-order valence-electron chi connectivity index (χ4n) is 2.65. The Balaban J connectivity index is 2.13. The third-order valence-electron chi connectivity index (χ3n) is 3.72. The lowest BCUT2D eigenvalue weighted by atomic mass is 10.0. The number of hydrogen-bond acceptors (Lipinski definition) is 1. The average Bonchev–Trinajstić information content (AvgIpc) is 2.92. The highest BCUT2D eigenvalue weighted by atomic mass is 35.5. The Kier molecular flexibility index (Phi) is 4.32. The van der Waals surface area contributed by atoms with Gasteiger partial charge < -0.3 is 4.57 Å². The molecule has 0 aliphatic carbocycles. The standard InChI is InChI=1S/C20H15ClN2/c1-2-11-23-14-17(19-5-3-4-6-20(19)23)12-16(13-22)15-7-9-18(21)10-8-15/h2-10,12,14H,1,11H2/b16-12-. The summed E-state index contributed by atoms with van der Waals surface area (Å²) in [4.78, 5) is 0. The molecule has 0 radical (unpaired) electrons. The lowest BCUT2D eigenvalue weighted by Gasteiger charge is -1.99. The van der Waals surface area contributed by atoms with E-state index in [1.54, 1.807) is 12.1 Å². The summed E-state index contributed by atoms with van der Waals surface area (Å²) in [6, 6.07) is 17.8. The first-order chi connectivity index (χ1) is 11.2. The van der Waals surface area contributed by atoms with Gasteiger partial charge in [-0.3, -0.25) is 0 Å². The number of nitrogens with zero attached hydrogens (tertiary/aromatic N) is 2. The number of hydrogen-bond donors (Lipinski definition) is 0. The minimum Gasteiger partial charge on any atom is -0.343 e. The largest absolute Gasteiger partial charge is 0.343 e. The summed E-state index contributed by atoms with van der Waals surface area (Å²) in [7, 11) is 0. The number of benzene rings is 2. The van der Waals surface area contributed by atoms with E-state index in [9.17, 15) is 5.26 Å². The molecule has 112 valence electrons. The van der Waals surface area contributed by atoms with Crippen molar-refractivity contribution in [3.05, 3.63) is 83.5 Å². The number of nitriles is 1. The van der Waals surface area contributed by atoms with Gasteiger partial charge in [-0.1, -0.05) is 48.0 Å². The maximum absolute atomic E-state index is 9.52. The zero-order valence-electron chi connectivity index (χ0n) is 12.5. The molecule has 0 aliphatic rings. The molecule has 3 heteroatoms. The predicted molar refractivity (Wildman–Crippen MR) is 97.1 cm³/mol. The van der Waals surface area contributed by atoms with Gasteiger partial charge in [-0.25, -0.2) is 0 Å². The molecule has 0 saturated carbocycles. The van der Waals surface area contributed by atoms with E-state index in [1.165, 1.54) is 0 Å². The second-order valence-electron chi connectivity index (χ2n) is 5.22. The summed E-state index contributed by atoms with van der Waals surface area (Å²) in [6.45, 7) is 4.54. The number of halogens is 1. The second kappa shape index (κ2) is 6.56. The van der Waals surface area contributed by atoms with Gasteiger partial charge in [0.25, 0.3) is 0 Å². The van der Waals surface area contributed by atoms with Crippen LogP contribution < -0.4 is 0 Å². The van der Waals surface area contributed by atoms with Crippen LogP contribution in [0.5, 0.6) is 0 Å². The Bertz CT molecular complexity index is 924. The smallest absolute Gasteiger partial charge is 0.0998 e. The van der Waals surface area contributed by atoms with Crippen LogP contribution in [0.15, 0.2) is 67.4 Å². The Hall–Kier alpha value is -2.76. The van der Waals surface area contributed by atoms with Crippen LogP contribution in [0.1, 0.15) is 11.1 Å². The molecule has 0 fully saturated rings. The van der Waals surface area contributed by atoms with Crippen LogP contribution >= 0.6 is 11.6 Å². The Morgan fingerprint density at radius 2 is 1.91 bits per heavy atom. The van der Waals surface area contributed by atoms with Gasteiger partial charge in [0.1, 0.15) is 0 Å². The molecule has 2 nitrogen and oxygen atoms in total. The molecule has 0 amide bonds. The van der Waals surface area contributed by atoms with E-state index in [0.717, 1.165) is 28.6 Å². The van der Waals surface area contributed by atoms with Crippen molar-refractivity contribution in [2.24, 2.45) is 0 Å². The van der Waals surface area contributed by atoms with Gasteiger partial charge >= 0.3 is 0 Å². The molecule has 1 heterocycles. The average molecular weight is 319 g/mol. The van der Waals surface area contributed by atoms with Crippen molar-refractivity contribution in [3.63, 3.8) is 0 Å². The zero-order valence-corrected chi connectivity index (χ0v) is 13.3. The molecule has 0 unspecified atom stereocenters. The molecule has 1 aromatic heterocycles. The van der Waals surface area contributed by atoms with Gasteiger partial charge in [-0.2, -0.15) is 5.26 Å². The maximum Gasteiger partial charge on any atom is 0.0998 e. The minimum absolute atomic E-state index is 0.614. The number of para-hydroxylation sites is 1. The summed E-state index contributed by atoms with van der Waals surface area (Å²) >= 11 is 5.92. The molecule has 0 bridgehead atoms. The number of rotatable bonds is 4. The summed E-state index contributed by atoms with van der Waals surface area (Å²) in [6.07, 6.45) is 5.84. The summed E-state index contributed by atoms with van der Waals surface area (Å²) < 4.78 is 2.13. The van der Waals surface area contributed by atoms with Gasteiger partial charge in [0, 0.05) is 34.2 Å². The summed E-state index contributed by atoms with van der Waals surface area (Å²) in [5, 5.41) is 11.3. The number of aromatic nitrogens is 1. The Morgan fingerprint density at radius 3 is 2.61 bits per heavy atom. The second-order valence-corrected chi connectivity index (χ2v) is 5.66. The molecule has 3 rings (SSSR count). The fourth-order valence-corrected chi connectivity index (χ4v) is 2.77. The zero-order chi connectivity index (χ0) is 16.2. The molecule has 2 aromatic carbocycles. The fraction of sp³-hybridized carbons (Fsp3) is 0.0500. The highest BCUT2D eigenvalue weighted by Crippen LogP contribution is 2.26. The third kappa shape index (κ3) is 3.06. The minimum atomic E-state index is 0.614. The van der Waals surface area contributed by atoms with Crippen molar-refractivity contribution >= 4 is 34.2 Å². The van der Waals surface area contributed by atoms with Gasteiger partial charge in [-0.15, -0.1) is 6.58 Å². The molecule has 0 N–H and O–H groups in total. The lowest BCUT2D eigenvalue weighted by Crippen LogP contribution is -1.91. The summed E-state index contributed by atoms with van der Waals surface area (Å²) in [5.74, 6) is 0. The normalized spacial score (nSPS) is 11.4. The van der Waals surface area contributed by atoms with Crippen molar-refractivity contribution in [2.75, 3.05) is 0 Å². The van der Waals surface area contributed by atoms with Crippen molar-refractivity contribution in [3.8, 4) is 6.07 Å². The van der Waals surface area contributed by atoms with Gasteiger partial charge in [-0.05, 0) is 29.8 Å². The van der Waals surface area contributed by atoms with E-state index < -0.39 is 0 Å². The van der Waals surface area contributed by atoms with Crippen LogP contribution in [0, 0.1) is 11.3 Å². The van der Waals surface area contributed by atoms with E-state index in [0.29, 0.717) is 10.6 Å². The van der Waals surface area contributed by atoms with E-state index in [4.69, 9.17) is 11.6 Å². The molecule has 23 heavy (non-hydrogen) atoms. The monoisotopic (exact) mass is 318 g/mol. The third-order valence-corrected chi connectivity index (χ3v) is 3.97. The summed E-state index contributed by atoms with van der Waals surface area (Å²) in [5.41, 5.74) is 3.63. The van der Waals surface area contributed by atoms with E-state index in [1.807, 2.05) is 36.4 Å². The number of allylic oxidation sites excluding steroid dienone is 2. The van der Waals surface area contributed by atoms with Crippen LogP contribution in [-0.2, 0) is 6.54 Å². The first-order valence-electron chi connectivity index (χ1n) is 7.29. The SMILES string of the molecule is C=CCn1cc(/C=C(/C#N)c2ccc(Cl)cc2)c2ccccc21. The topological polar surface area (TPSA) is 28.7 Å². The van der Waals surface area contributed by atoms with Crippen LogP contribution in [0.2, 0.25) is 5.02 Å². The number of fused-ring (bicyclic) bond motifs is 1. The maximum atomic E-state index is 9.52. The lowest BCUT2D eigenvalue weighted by molar-refractivity contribution is 0.865. The molecule has 0 aliphatic heterocycles. The predicted octanol–water partition coefficient (Wildman–Crippen LogP) is 5.54. The van der Waals surface area contributed by atoms with Crippen molar-refractivity contribution in [2.45, 2.75) is 6.54 Å². The molecular weight excluding hydrogens is 304 g/mol. The first kappa shape index (κ1) is 15.1. The van der Waals surface area contributed by atoms with Crippen LogP contribution in [0.25, 0.3) is 22.6 Å². The van der Waals surface area contributed by atoms with Crippen LogP contribution in [0.3, 0.4) is 0 Å². The molecule has 3 aromatic rings. The quantitative estimate of drug-likeness (QED) is 0.458. The van der Waals surface area contributed by atoms with Crippen LogP contribution in [0.4, 0.5) is 0 Å². The van der Waals surface area contributed by atoms with Crippen molar-refractivity contribution in [1.82, 2.24) is 4.57 Å². The Labute approximate surface area is 140 Å². The van der Waals surface area contributed by atoms with E-state index in [-0.39, 0.29) is 0 Å². The van der Waals surface area contributed by atoms with Crippen molar-refractivity contribution in [1.29, 1.82) is 5.26 Å². The van der Waals surface area contributed by atoms with Gasteiger partial charge in [0.2, 0.25) is 0 Å². The molecule has 0 saturated heterocycles. The van der Waals surface area contributed by atoms with Gasteiger partial charge in [0.15, 0.2) is 0 Å². The molecule has 0 spiro atoms. The molecule has 0 atom stereocenters. The first-order valence-corrected chi connectivity index (χ1v) is 7.67. The van der Waals surface area contributed by atoms with Gasteiger partial charge in [0.05, 0.1) is 11.6 Å². The van der Waals surface area contributed by atoms with E-state index >= 15 is 0 Å². The molecular formula is C20H15ClN2. The highest BCUT2D eigenvalue weighted by molar-refractivity contribution is 6.30. The Morgan fingerprint density at radius 1 is 1.17 bits per heavy atom. The van der Waals surface area contributed by atoms with Crippen molar-refractivity contribution < 1.29 is 0 Å². The van der Waals surface area contributed by atoms with Crippen LogP contribution in [-0.4, -0.2) is 4.57 Å². The highest BCUT2D eigenvalue weighted by Gasteiger charge is 2.08.